The van der Waals surface area contributed by atoms with Gasteiger partial charge in [0.15, 0.2) is 5.13 Å². The molecular weight excluding hydrogens is 457 g/mol. The molecule has 1 saturated heterocycles. The summed E-state index contributed by atoms with van der Waals surface area (Å²) in [6.45, 7) is 7.03. The van der Waals surface area contributed by atoms with Gasteiger partial charge in [0.25, 0.3) is 0 Å². The Morgan fingerprint density at radius 3 is 2.76 bits per heavy atom. The Morgan fingerprint density at radius 1 is 1.18 bits per heavy atom. The number of hydrogen-bond acceptors (Lipinski definition) is 6. The third kappa shape index (κ3) is 6.99. The van der Waals surface area contributed by atoms with Crippen molar-refractivity contribution in [3.63, 3.8) is 0 Å². The predicted octanol–water partition coefficient (Wildman–Crippen LogP) is 5.37. The van der Waals surface area contributed by atoms with Crippen LogP contribution in [0.5, 0.6) is 0 Å². The summed E-state index contributed by atoms with van der Waals surface area (Å²) in [7, 11) is 0. The molecule has 1 aliphatic heterocycles. The van der Waals surface area contributed by atoms with Gasteiger partial charge in [-0.25, -0.2) is 9.37 Å². The Bertz CT molecular complexity index is 1050. The Kier molecular flexibility index (Phi) is 8.72. The molecule has 0 N–H and O–H groups in total. The number of nitrogens with zero attached hydrogens (tertiary/aromatic N) is 3. The molecule has 0 radical (unpaired) electrons. The average molecular weight is 488 g/mol. The van der Waals surface area contributed by atoms with Crippen LogP contribution in [0.25, 0.3) is 10.2 Å². The van der Waals surface area contributed by atoms with E-state index in [4.69, 9.17) is 4.74 Å². The van der Waals surface area contributed by atoms with E-state index in [-0.39, 0.29) is 11.7 Å². The van der Waals surface area contributed by atoms with E-state index in [0.717, 1.165) is 61.7 Å². The van der Waals surface area contributed by atoms with Crippen LogP contribution in [-0.4, -0.2) is 60.9 Å². The third-order valence-electron chi connectivity index (χ3n) is 5.66. The van der Waals surface area contributed by atoms with Crippen molar-refractivity contribution in [1.29, 1.82) is 0 Å². The lowest BCUT2D eigenvalue weighted by Gasteiger charge is -2.27. The molecule has 5 nitrogen and oxygen atoms in total. The monoisotopic (exact) mass is 487 g/mol. The van der Waals surface area contributed by atoms with Crippen molar-refractivity contribution >= 4 is 44.4 Å². The lowest BCUT2D eigenvalue weighted by Crippen LogP contribution is -2.39. The van der Waals surface area contributed by atoms with E-state index in [2.05, 4.69) is 41.1 Å². The summed E-state index contributed by atoms with van der Waals surface area (Å²) in [5.74, 6) is 0.693. The molecule has 0 aliphatic carbocycles. The van der Waals surface area contributed by atoms with E-state index in [1.54, 1.807) is 22.7 Å². The van der Waals surface area contributed by atoms with Crippen LogP contribution in [0, 0.1) is 12.7 Å². The number of carbonyl (C=O) groups is 1. The number of morpholine rings is 1. The maximum Gasteiger partial charge on any atom is 0.228 e. The molecule has 0 bridgehead atoms. The molecule has 33 heavy (non-hydrogen) atoms. The number of halogens is 1. The molecule has 1 aliphatic rings. The standard InChI is InChI=1S/C25H30FN3O2S2/c1-19-5-8-21(9-6-19)32-17-2-4-24(30)29(12-3-11-28-13-15-31-16-14-28)25-27-22-10-7-20(26)18-23(22)33-25/h5-10,18H,2-4,11-17H2,1H3. The number of benzene rings is 2. The van der Waals surface area contributed by atoms with Crippen molar-refractivity contribution in [2.24, 2.45) is 0 Å². The second kappa shape index (κ2) is 11.9. The van der Waals surface area contributed by atoms with Gasteiger partial charge in [-0.1, -0.05) is 29.0 Å². The van der Waals surface area contributed by atoms with E-state index in [9.17, 15) is 9.18 Å². The Morgan fingerprint density at radius 2 is 1.97 bits per heavy atom. The molecule has 1 aromatic heterocycles. The summed E-state index contributed by atoms with van der Waals surface area (Å²) < 4.78 is 19.9. The number of carbonyl (C=O) groups excluding carboxylic acids is 1. The summed E-state index contributed by atoms with van der Waals surface area (Å²) >= 11 is 3.16. The normalized spacial score (nSPS) is 14.6. The van der Waals surface area contributed by atoms with Gasteiger partial charge in [-0.05, 0) is 55.9 Å². The highest BCUT2D eigenvalue weighted by atomic mass is 32.2. The lowest BCUT2D eigenvalue weighted by molar-refractivity contribution is -0.118. The van der Waals surface area contributed by atoms with Crippen LogP contribution in [0.15, 0.2) is 47.4 Å². The fraction of sp³-hybridized carbons (Fsp3) is 0.440. The first-order valence-corrected chi connectivity index (χ1v) is 13.2. The van der Waals surface area contributed by atoms with Crippen LogP contribution in [0.2, 0.25) is 0 Å². The van der Waals surface area contributed by atoms with Gasteiger partial charge in [0, 0.05) is 37.5 Å². The molecule has 0 spiro atoms. The van der Waals surface area contributed by atoms with Gasteiger partial charge in [-0.3, -0.25) is 14.6 Å². The minimum atomic E-state index is -0.281. The summed E-state index contributed by atoms with van der Waals surface area (Å²) in [6, 6.07) is 13.1. The number of aromatic nitrogens is 1. The van der Waals surface area contributed by atoms with Crippen LogP contribution < -0.4 is 4.90 Å². The molecule has 2 aromatic carbocycles. The van der Waals surface area contributed by atoms with Crippen molar-refractivity contribution in [2.75, 3.05) is 50.0 Å². The fourth-order valence-corrected chi connectivity index (χ4v) is 5.68. The van der Waals surface area contributed by atoms with E-state index < -0.39 is 0 Å². The molecule has 8 heteroatoms. The SMILES string of the molecule is Cc1ccc(SCCCC(=O)N(CCCN2CCOCC2)c2nc3ccc(F)cc3s2)cc1. The topological polar surface area (TPSA) is 45.7 Å². The average Bonchev–Trinajstić information content (AvgIpc) is 3.24. The summed E-state index contributed by atoms with van der Waals surface area (Å²) in [5, 5.41) is 0.661. The molecule has 1 amide bonds. The van der Waals surface area contributed by atoms with Crippen LogP contribution in [-0.2, 0) is 9.53 Å². The number of aryl methyl sites for hydroxylation is 1. The fourth-order valence-electron chi connectivity index (χ4n) is 3.79. The van der Waals surface area contributed by atoms with Crippen LogP contribution >= 0.6 is 23.1 Å². The molecule has 2 heterocycles. The van der Waals surface area contributed by atoms with E-state index in [1.807, 2.05) is 0 Å². The van der Waals surface area contributed by atoms with Gasteiger partial charge in [0.1, 0.15) is 5.82 Å². The highest BCUT2D eigenvalue weighted by Crippen LogP contribution is 2.30. The van der Waals surface area contributed by atoms with E-state index in [0.29, 0.717) is 18.1 Å². The van der Waals surface area contributed by atoms with Crippen molar-refractivity contribution in [3.05, 3.63) is 53.8 Å². The van der Waals surface area contributed by atoms with Crippen LogP contribution in [0.3, 0.4) is 0 Å². The third-order valence-corrected chi connectivity index (χ3v) is 7.80. The van der Waals surface area contributed by atoms with Gasteiger partial charge in [-0.2, -0.15) is 0 Å². The van der Waals surface area contributed by atoms with Crippen molar-refractivity contribution in [2.45, 2.75) is 31.1 Å². The maximum atomic E-state index is 13.7. The molecule has 0 unspecified atom stereocenters. The number of anilines is 1. The first-order chi connectivity index (χ1) is 16.1. The molecule has 1 fully saturated rings. The van der Waals surface area contributed by atoms with Crippen molar-refractivity contribution in [1.82, 2.24) is 9.88 Å². The number of hydrogen-bond donors (Lipinski definition) is 0. The number of thiazole rings is 1. The summed E-state index contributed by atoms with van der Waals surface area (Å²) in [4.78, 5) is 23.2. The van der Waals surface area contributed by atoms with E-state index in [1.165, 1.54) is 33.9 Å². The number of ether oxygens (including phenoxy) is 1. The maximum absolute atomic E-state index is 13.7. The zero-order valence-electron chi connectivity index (χ0n) is 19.0. The molecule has 0 atom stereocenters. The minimum absolute atomic E-state index is 0.0843. The quantitative estimate of drug-likeness (QED) is 0.284. The summed E-state index contributed by atoms with van der Waals surface area (Å²) in [6.07, 6.45) is 2.14. The smallest absolute Gasteiger partial charge is 0.228 e. The van der Waals surface area contributed by atoms with Gasteiger partial charge >= 0.3 is 0 Å². The van der Waals surface area contributed by atoms with Crippen molar-refractivity contribution in [3.8, 4) is 0 Å². The highest BCUT2D eigenvalue weighted by molar-refractivity contribution is 7.99. The minimum Gasteiger partial charge on any atom is -0.379 e. The number of thioether (sulfide) groups is 1. The van der Waals surface area contributed by atoms with E-state index >= 15 is 0 Å². The Labute approximate surface area is 202 Å². The second-order valence-electron chi connectivity index (χ2n) is 8.23. The number of fused-ring (bicyclic) bond motifs is 1. The first kappa shape index (κ1) is 24.1. The highest BCUT2D eigenvalue weighted by Gasteiger charge is 2.20. The number of amides is 1. The second-order valence-corrected chi connectivity index (χ2v) is 10.4. The zero-order chi connectivity index (χ0) is 23.0. The summed E-state index contributed by atoms with van der Waals surface area (Å²) in [5.41, 5.74) is 1.98. The molecule has 3 aromatic rings. The van der Waals surface area contributed by atoms with Crippen LogP contribution in [0.1, 0.15) is 24.8 Å². The molecule has 176 valence electrons. The van der Waals surface area contributed by atoms with Crippen molar-refractivity contribution < 1.29 is 13.9 Å². The Balaban J connectivity index is 1.36. The largest absolute Gasteiger partial charge is 0.379 e. The van der Waals surface area contributed by atoms with Gasteiger partial charge < -0.3 is 4.74 Å². The zero-order valence-corrected chi connectivity index (χ0v) is 20.6. The Hall–Kier alpha value is -2.00. The molecule has 4 rings (SSSR count). The van der Waals surface area contributed by atoms with Gasteiger partial charge in [0.2, 0.25) is 5.91 Å². The lowest BCUT2D eigenvalue weighted by atomic mass is 10.2. The number of rotatable bonds is 10. The van der Waals surface area contributed by atoms with Gasteiger partial charge in [0.05, 0.1) is 23.4 Å². The molecular formula is C25H30FN3O2S2. The van der Waals surface area contributed by atoms with Gasteiger partial charge in [-0.15, -0.1) is 11.8 Å². The van der Waals surface area contributed by atoms with Crippen LogP contribution in [0.4, 0.5) is 9.52 Å². The first-order valence-electron chi connectivity index (χ1n) is 11.4. The molecule has 0 saturated carbocycles. The predicted molar refractivity (Wildman–Crippen MR) is 135 cm³/mol.